The zero-order valence-electron chi connectivity index (χ0n) is 13.1. The Morgan fingerprint density at radius 3 is 2.62 bits per heavy atom. The molecule has 1 aliphatic rings. The maximum atomic E-state index is 12.3. The van der Waals surface area contributed by atoms with E-state index in [0.29, 0.717) is 24.7 Å². The van der Waals surface area contributed by atoms with Gasteiger partial charge in [0.25, 0.3) is 5.91 Å². The fraction of sp³-hybridized carbons (Fsp3) is 0.625. The molecule has 1 saturated carbocycles. The lowest BCUT2D eigenvalue weighted by Gasteiger charge is -2.35. The van der Waals surface area contributed by atoms with Gasteiger partial charge in [0.15, 0.2) is 0 Å². The lowest BCUT2D eigenvalue weighted by molar-refractivity contribution is 0.0465. The number of carbonyl (C=O) groups excluding carboxylic acids is 1. The van der Waals surface area contributed by atoms with E-state index in [4.69, 9.17) is 0 Å². The molecule has 0 saturated heterocycles. The second-order valence-electron chi connectivity index (χ2n) is 5.75. The van der Waals surface area contributed by atoms with E-state index in [9.17, 15) is 9.90 Å². The van der Waals surface area contributed by atoms with Crippen molar-refractivity contribution in [2.45, 2.75) is 32.8 Å². The Morgan fingerprint density at radius 1 is 1.38 bits per heavy atom. The van der Waals surface area contributed by atoms with Gasteiger partial charge in [-0.2, -0.15) is 0 Å². The summed E-state index contributed by atoms with van der Waals surface area (Å²) in [6.07, 6.45) is 3.32. The number of carbonyl (C=O) groups is 1. The van der Waals surface area contributed by atoms with E-state index in [-0.39, 0.29) is 12.0 Å². The molecule has 5 nitrogen and oxygen atoms in total. The Bertz CT molecular complexity index is 482. The molecule has 1 amide bonds. The van der Waals surface area contributed by atoms with Crippen LogP contribution in [0.1, 0.15) is 37.2 Å². The van der Waals surface area contributed by atoms with Crippen molar-refractivity contribution in [1.82, 2.24) is 9.88 Å². The molecule has 1 fully saturated rings. The molecule has 0 bridgehead atoms. The molecule has 5 heteroatoms. The Labute approximate surface area is 126 Å². The van der Waals surface area contributed by atoms with E-state index in [0.717, 1.165) is 25.1 Å². The molecule has 1 aromatic rings. The van der Waals surface area contributed by atoms with Crippen LogP contribution in [-0.4, -0.2) is 53.7 Å². The molecule has 0 atom stereocenters. The highest BCUT2D eigenvalue weighted by Crippen LogP contribution is 2.29. The van der Waals surface area contributed by atoms with Gasteiger partial charge in [0, 0.05) is 38.6 Å². The minimum absolute atomic E-state index is 0.0192. The van der Waals surface area contributed by atoms with E-state index in [1.165, 1.54) is 0 Å². The first-order chi connectivity index (χ1) is 10.0. The number of aromatic nitrogens is 1. The summed E-state index contributed by atoms with van der Waals surface area (Å²) in [4.78, 5) is 20.4. The summed E-state index contributed by atoms with van der Waals surface area (Å²) in [6, 6.07) is 3.78. The summed E-state index contributed by atoms with van der Waals surface area (Å²) >= 11 is 0. The Morgan fingerprint density at radius 2 is 2.05 bits per heavy atom. The number of pyridine rings is 1. The highest BCUT2D eigenvalue weighted by Gasteiger charge is 2.28. The molecular formula is C16H25N3O2. The Hall–Kier alpha value is -1.62. The minimum atomic E-state index is -0.124. The van der Waals surface area contributed by atoms with Gasteiger partial charge in [-0.15, -0.1) is 0 Å². The van der Waals surface area contributed by atoms with Gasteiger partial charge in [0.1, 0.15) is 5.69 Å². The number of hydrogen-bond donors (Lipinski definition) is 1. The normalized spacial score (nSPS) is 20.8. The van der Waals surface area contributed by atoms with Crippen LogP contribution in [0, 0.1) is 5.92 Å². The molecule has 0 unspecified atom stereocenters. The van der Waals surface area contributed by atoms with Crippen molar-refractivity contribution in [1.29, 1.82) is 0 Å². The van der Waals surface area contributed by atoms with Gasteiger partial charge in [-0.3, -0.25) is 9.78 Å². The second kappa shape index (κ2) is 6.89. The van der Waals surface area contributed by atoms with Gasteiger partial charge in [-0.25, -0.2) is 0 Å². The number of rotatable bonds is 6. The van der Waals surface area contributed by atoms with Gasteiger partial charge >= 0.3 is 0 Å². The zero-order valence-corrected chi connectivity index (χ0v) is 13.1. The lowest BCUT2D eigenvalue weighted by Crippen LogP contribution is -2.37. The number of nitrogens with zero attached hydrogens (tertiary/aromatic N) is 3. The van der Waals surface area contributed by atoms with E-state index in [1.54, 1.807) is 11.1 Å². The van der Waals surface area contributed by atoms with Crippen LogP contribution >= 0.6 is 0 Å². The van der Waals surface area contributed by atoms with E-state index >= 15 is 0 Å². The maximum Gasteiger partial charge on any atom is 0.272 e. The zero-order chi connectivity index (χ0) is 15.4. The Balaban J connectivity index is 2.04. The first-order valence-electron chi connectivity index (χ1n) is 7.69. The second-order valence-corrected chi connectivity index (χ2v) is 5.75. The molecular weight excluding hydrogens is 266 g/mol. The average molecular weight is 291 g/mol. The van der Waals surface area contributed by atoms with Crippen molar-refractivity contribution in [3.8, 4) is 0 Å². The molecule has 1 N–H and O–H groups in total. The van der Waals surface area contributed by atoms with Gasteiger partial charge < -0.3 is 14.9 Å². The molecule has 1 aliphatic carbocycles. The van der Waals surface area contributed by atoms with E-state index in [1.807, 2.05) is 33.0 Å². The van der Waals surface area contributed by atoms with Crippen molar-refractivity contribution in [3.05, 3.63) is 24.0 Å². The number of aliphatic hydroxyl groups excluding tert-OH is 1. The molecule has 0 spiro atoms. The van der Waals surface area contributed by atoms with Crippen molar-refractivity contribution < 1.29 is 9.90 Å². The number of amides is 1. The van der Waals surface area contributed by atoms with Crippen LogP contribution in [0.15, 0.2) is 18.3 Å². The van der Waals surface area contributed by atoms with Crippen LogP contribution in [0.5, 0.6) is 0 Å². The van der Waals surface area contributed by atoms with Crippen LogP contribution in [0.3, 0.4) is 0 Å². The molecule has 1 aromatic heterocycles. The van der Waals surface area contributed by atoms with Crippen LogP contribution < -0.4 is 4.90 Å². The summed E-state index contributed by atoms with van der Waals surface area (Å²) in [5.41, 5.74) is 1.50. The van der Waals surface area contributed by atoms with Crippen molar-refractivity contribution in [2.75, 3.05) is 31.6 Å². The summed E-state index contributed by atoms with van der Waals surface area (Å²) < 4.78 is 0. The molecule has 1 heterocycles. The summed E-state index contributed by atoms with van der Waals surface area (Å²) in [5, 5.41) is 9.36. The van der Waals surface area contributed by atoms with Gasteiger partial charge in [-0.1, -0.05) is 0 Å². The van der Waals surface area contributed by atoms with Crippen molar-refractivity contribution >= 4 is 11.6 Å². The SMILES string of the molecule is CCN(CC)C(=O)c1cc(N(C)CC2CC(O)C2)ccn1. The van der Waals surface area contributed by atoms with Gasteiger partial charge in [0.05, 0.1) is 6.10 Å². The number of hydrogen-bond acceptors (Lipinski definition) is 4. The van der Waals surface area contributed by atoms with Crippen LogP contribution in [-0.2, 0) is 0 Å². The van der Waals surface area contributed by atoms with Crippen LogP contribution in [0.2, 0.25) is 0 Å². The standard InChI is InChI=1S/C16H25N3O2/c1-4-19(5-2)16(21)15-10-13(6-7-17-15)18(3)11-12-8-14(20)9-12/h6-7,10,12,14,20H,4-5,8-9,11H2,1-3H3. The monoisotopic (exact) mass is 291 g/mol. The van der Waals surface area contributed by atoms with Crippen LogP contribution in [0.25, 0.3) is 0 Å². The molecule has 0 aliphatic heterocycles. The highest BCUT2D eigenvalue weighted by molar-refractivity contribution is 5.93. The minimum Gasteiger partial charge on any atom is -0.393 e. The van der Waals surface area contributed by atoms with Crippen LogP contribution in [0.4, 0.5) is 5.69 Å². The molecule has 0 aromatic carbocycles. The van der Waals surface area contributed by atoms with Gasteiger partial charge in [0.2, 0.25) is 0 Å². The first kappa shape index (κ1) is 15.8. The fourth-order valence-corrected chi connectivity index (χ4v) is 2.79. The maximum absolute atomic E-state index is 12.3. The predicted octanol–water partition coefficient (Wildman–Crippen LogP) is 1.77. The molecule has 116 valence electrons. The number of anilines is 1. The highest BCUT2D eigenvalue weighted by atomic mass is 16.3. The van der Waals surface area contributed by atoms with E-state index in [2.05, 4.69) is 9.88 Å². The first-order valence-corrected chi connectivity index (χ1v) is 7.69. The van der Waals surface area contributed by atoms with E-state index < -0.39 is 0 Å². The van der Waals surface area contributed by atoms with Crippen molar-refractivity contribution in [3.63, 3.8) is 0 Å². The third-order valence-electron chi connectivity index (χ3n) is 4.20. The smallest absolute Gasteiger partial charge is 0.272 e. The topological polar surface area (TPSA) is 56.7 Å². The summed E-state index contributed by atoms with van der Waals surface area (Å²) in [7, 11) is 2.02. The fourth-order valence-electron chi connectivity index (χ4n) is 2.79. The molecule has 0 radical (unpaired) electrons. The summed E-state index contributed by atoms with van der Waals surface area (Å²) in [5.74, 6) is 0.523. The quantitative estimate of drug-likeness (QED) is 0.868. The molecule has 2 rings (SSSR count). The predicted molar refractivity (Wildman–Crippen MR) is 83.5 cm³/mol. The third-order valence-corrected chi connectivity index (χ3v) is 4.20. The molecule has 21 heavy (non-hydrogen) atoms. The Kier molecular flexibility index (Phi) is 5.17. The lowest BCUT2D eigenvalue weighted by atomic mass is 9.82. The third kappa shape index (κ3) is 3.73. The largest absolute Gasteiger partial charge is 0.393 e. The summed E-state index contributed by atoms with van der Waals surface area (Å²) in [6.45, 7) is 6.23. The number of aliphatic hydroxyl groups is 1. The average Bonchev–Trinajstić information content (AvgIpc) is 2.47. The van der Waals surface area contributed by atoms with Crippen molar-refractivity contribution in [2.24, 2.45) is 5.92 Å². The van der Waals surface area contributed by atoms with Gasteiger partial charge in [-0.05, 0) is 44.7 Å².